The second-order valence-electron chi connectivity index (χ2n) is 5.17. The smallest absolute Gasteiger partial charge is 0.0766 e. The first kappa shape index (κ1) is 16.5. The van der Waals surface area contributed by atoms with E-state index in [9.17, 15) is 0 Å². The molecule has 0 aliphatic heterocycles. The van der Waals surface area contributed by atoms with E-state index in [-0.39, 0.29) is 0 Å². The zero-order chi connectivity index (χ0) is 15.4. The molecule has 1 atom stereocenters. The number of aromatic nitrogens is 2. The van der Waals surface area contributed by atoms with Crippen LogP contribution in [0.25, 0.3) is 0 Å². The number of rotatable bonds is 6. The van der Waals surface area contributed by atoms with Gasteiger partial charge >= 0.3 is 0 Å². The first-order valence-electron chi connectivity index (χ1n) is 7.17. The van der Waals surface area contributed by atoms with E-state index < -0.39 is 0 Å². The standard InChI is InChI=1S/C16H21BrClN3/c1-4-14-16(17)15(21(3)20-14)10-12(19-2)9-11-7-5-6-8-13(11)18/h5-8,12,19H,4,9-10H2,1-3H3. The Labute approximate surface area is 139 Å². The van der Waals surface area contributed by atoms with Crippen LogP contribution >= 0.6 is 27.5 Å². The minimum absolute atomic E-state index is 0.321. The predicted molar refractivity (Wildman–Crippen MR) is 92.0 cm³/mol. The summed E-state index contributed by atoms with van der Waals surface area (Å²) in [5.41, 5.74) is 3.51. The number of halogens is 2. The Kier molecular flexibility index (Phi) is 5.85. The van der Waals surface area contributed by atoms with E-state index in [1.807, 2.05) is 37.0 Å². The van der Waals surface area contributed by atoms with Crippen molar-refractivity contribution in [1.82, 2.24) is 15.1 Å². The average Bonchev–Trinajstić information content (AvgIpc) is 2.75. The molecule has 0 amide bonds. The van der Waals surface area contributed by atoms with Crippen LogP contribution in [-0.2, 0) is 26.3 Å². The first-order valence-corrected chi connectivity index (χ1v) is 8.34. The van der Waals surface area contributed by atoms with Gasteiger partial charge < -0.3 is 5.32 Å². The Bertz CT molecular complexity index is 610. The largest absolute Gasteiger partial charge is 0.316 e. The van der Waals surface area contributed by atoms with Gasteiger partial charge in [0.15, 0.2) is 0 Å². The first-order chi connectivity index (χ1) is 10.1. The molecule has 2 rings (SSSR count). The quantitative estimate of drug-likeness (QED) is 0.839. The van der Waals surface area contributed by atoms with Gasteiger partial charge in [-0.3, -0.25) is 4.68 Å². The molecular weight excluding hydrogens is 350 g/mol. The molecule has 0 bridgehead atoms. The van der Waals surface area contributed by atoms with Crippen molar-refractivity contribution in [2.24, 2.45) is 7.05 Å². The molecule has 0 fully saturated rings. The molecule has 0 radical (unpaired) electrons. The van der Waals surface area contributed by atoms with Crippen LogP contribution in [0.1, 0.15) is 23.9 Å². The molecule has 5 heteroatoms. The Morgan fingerprint density at radius 3 is 2.62 bits per heavy atom. The third-order valence-corrected chi connectivity index (χ3v) is 5.06. The molecule has 21 heavy (non-hydrogen) atoms. The van der Waals surface area contributed by atoms with Crippen molar-refractivity contribution < 1.29 is 0 Å². The summed E-state index contributed by atoms with van der Waals surface area (Å²) in [6, 6.07) is 8.34. The third kappa shape index (κ3) is 3.87. The monoisotopic (exact) mass is 369 g/mol. The van der Waals surface area contributed by atoms with Gasteiger partial charge in [-0.15, -0.1) is 0 Å². The molecule has 0 aliphatic carbocycles. The van der Waals surface area contributed by atoms with Crippen LogP contribution in [-0.4, -0.2) is 22.9 Å². The summed E-state index contributed by atoms with van der Waals surface area (Å²) in [5, 5.41) is 8.77. The number of hydrogen-bond acceptors (Lipinski definition) is 2. The molecule has 114 valence electrons. The van der Waals surface area contributed by atoms with Gasteiger partial charge in [0.25, 0.3) is 0 Å². The lowest BCUT2D eigenvalue weighted by atomic mass is 10.0. The lowest BCUT2D eigenvalue weighted by molar-refractivity contribution is 0.532. The van der Waals surface area contributed by atoms with Crippen LogP contribution in [0.2, 0.25) is 5.02 Å². The summed E-state index contributed by atoms with van der Waals surface area (Å²) < 4.78 is 3.10. The van der Waals surface area contributed by atoms with Crippen molar-refractivity contribution in [3.05, 3.63) is 50.7 Å². The number of nitrogens with zero attached hydrogens (tertiary/aromatic N) is 2. The Balaban J connectivity index is 2.16. The fourth-order valence-electron chi connectivity index (χ4n) is 2.48. The Morgan fingerprint density at radius 1 is 1.33 bits per heavy atom. The van der Waals surface area contributed by atoms with Gasteiger partial charge in [-0.1, -0.05) is 36.7 Å². The summed E-state index contributed by atoms with van der Waals surface area (Å²) in [6.07, 6.45) is 2.74. The van der Waals surface area contributed by atoms with Gasteiger partial charge in [0.2, 0.25) is 0 Å². The highest BCUT2D eigenvalue weighted by atomic mass is 79.9. The van der Waals surface area contributed by atoms with E-state index in [0.717, 1.165) is 34.5 Å². The van der Waals surface area contributed by atoms with Crippen molar-refractivity contribution in [1.29, 1.82) is 0 Å². The summed E-state index contributed by atoms with van der Waals surface area (Å²) in [4.78, 5) is 0. The topological polar surface area (TPSA) is 29.9 Å². The number of benzene rings is 1. The normalized spacial score (nSPS) is 12.6. The van der Waals surface area contributed by atoms with Crippen LogP contribution < -0.4 is 5.32 Å². The zero-order valence-electron chi connectivity index (χ0n) is 12.7. The Morgan fingerprint density at radius 2 is 2.05 bits per heavy atom. The predicted octanol–water partition coefficient (Wildman–Crippen LogP) is 3.77. The number of hydrogen-bond donors (Lipinski definition) is 1. The molecule has 1 unspecified atom stereocenters. The van der Waals surface area contributed by atoms with Crippen molar-refractivity contribution in [3.8, 4) is 0 Å². The molecule has 3 nitrogen and oxygen atoms in total. The van der Waals surface area contributed by atoms with E-state index in [1.165, 1.54) is 11.3 Å². The minimum Gasteiger partial charge on any atom is -0.316 e. The van der Waals surface area contributed by atoms with Gasteiger partial charge in [0, 0.05) is 24.5 Å². The maximum Gasteiger partial charge on any atom is 0.0766 e. The summed E-state index contributed by atoms with van der Waals surface area (Å²) in [7, 11) is 3.99. The fourth-order valence-corrected chi connectivity index (χ4v) is 3.47. The second-order valence-corrected chi connectivity index (χ2v) is 6.37. The van der Waals surface area contributed by atoms with E-state index in [1.54, 1.807) is 0 Å². The van der Waals surface area contributed by atoms with Crippen LogP contribution in [0.5, 0.6) is 0 Å². The maximum absolute atomic E-state index is 6.26. The van der Waals surface area contributed by atoms with Gasteiger partial charge in [-0.05, 0) is 47.4 Å². The van der Waals surface area contributed by atoms with Gasteiger partial charge in [-0.25, -0.2) is 0 Å². The third-order valence-electron chi connectivity index (χ3n) is 3.78. The SMILES string of the molecule is CCc1nn(C)c(CC(Cc2ccccc2Cl)NC)c1Br. The highest BCUT2D eigenvalue weighted by Crippen LogP contribution is 2.24. The molecule has 1 heterocycles. The van der Waals surface area contributed by atoms with E-state index in [2.05, 4.69) is 39.3 Å². The van der Waals surface area contributed by atoms with Gasteiger partial charge in [0.1, 0.15) is 0 Å². The number of aryl methyl sites for hydroxylation is 2. The average molecular weight is 371 g/mol. The van der Waals surface area contributed by atoms with Crippen LogP contribution in [0.3, 0.4) is 0 Å². The fraction of sp³-hybridized carbons (Fsp3) is 0.438. The zero-order valence-corrected chi connectivity index (χ0v) is 15.0. The van der Waals surface area contributed by atoms with Crippen LogP contribution in [0, 0.1) is 0 Å². The molecule has 2 aromatic rings. The van der Waals surface area contributed by atoms with Crippen molar-refractivity contribution in [2.75, 3.05) is 7.05 Å². The summed E-state index contributed by atoms with van der Waals surface area (Å²) in [6.45, 7) is 2.12. The molecular formula is C16H21BrClN3. The van der Waals surface area contributed by atoms with E-state index in [4.69, 9.17) is 11.6 Å². The highest BCUT2D eigenvalue weighted by molar-refractivity contribution is 9.10. The minimum atomic E-state index is 0.321. The lowest BCUT2D eigenvalue weighted by Crippen LogP contribution is -2.31. The summed E-state index contributed by atoms with van der Waals surface area (Å²) >= 11 is 9.95. The van der Waals surface area contributed by atoms with Crippen LogP contribution in [0.4, 0.5) is 0 Å². The summed E-state index contributed by atoms with van der Waals surface area (Å²) in [5.74, 6) is 0. The van der Waals surface area contributed by atoms with Crippen molar-refractivity contribution in [2.45, 2.75) is 32.2 Å². The molecule has 1 aromatic carbocycles. The molecule has 0 spiro atoms. The molecule has 1 aromatic heterocycles. The van der Waals surface area contributed by atoms with E-state index >= 15 is 0 Å². The number of nitrogens with one attached hydrogen (secondary N) is 1. The van der Waals surface area contributed by atoms with Crippen molar-refractivity contribution in [3.63, 3.8) is 0 Å². The lowest BCUT2D eigenvalue weighted by Gasteiger charge is -2.17. The molecule has 0 saturated carbocycles. The van der Waals surface area contributed by atoms with E-state index in [0.29, 0.717) is 6.04 Å². The molecule has 1 N–H and O–H groups in total. The molecule has 0 saturated heterocycles. The maximum atomic E-state index is 6.26. The van der Waals surface area contributed by atoms with Crippen LogP contribution in [0.15, 0.2) is 28.7 Å². The number of likely N-dealkylation sites (N-methyl/N-ethyl adjacent to an activating group) is 1. The highest BCUT2D eigenvalue weighted by Gasteiger charge is 2.17. The van der Waals surface area contributed by atoms with Gasteiger partial charge in [0.05, 0.1) is 15.9 Å². The molecule has 0 aliphatic rings. The second kappa shape index (κ2) is 7.43. The van der Waals surface area contributed by atoms with Gasteiger partial charge in [-0.2, -0.15) is 5.10 Å². The Hall–Kier alpha value is -0.840. The van der Waals surface area contributed by atoms with Crippen molar-refractivity contribution >= 4 is 27.5 Å².